The molecule has 1 heterocycles. The number of rotatable bonds is 4. The van der Waals surface area contributed by atoms with E-state index in [1.54, 1.807) is 30.3 Å². The Bertz CT molecular complexity index is 493. The van der Waals surface area contributed by atoms with Gasteiger partial charge in [-0.3, -0.25) is 9.59 Å². The van der Waals surface area contributed by atoms with Crippen molar-refractivity contribution in [3.05, 3.63) is 60.3 Å². The minimum Gasteiger partial charge on any atom is -0.352 e. The first-order valence-corrected chi connectivity index (χ1v) is 5.61. The number of nitrogens with zero attached hydrogens (tertiary/aromatic N) is 1. The Hall–Kier alpha value is -1.67. The fraction of sp³-hybridized carbons (Fsp3) is 0.143. The van der Waals surface area contributed by atoms with E-state index >= 15 is 0 Å². The fourth-order valence-corrected chi connectivity index (χ4v) is 1.66. The summed E-state index contributed by atoms with van der Waals surface area (Å²) >= 11 is 0. The zero-order valence-electron chi connectivity index (χ0n) is 10.3. The Kier molecular flexibility index (Phi) is 5.71. The van der Waals surface area contributed by atoms with Gasteiger partial charge in [-0.05, 0) is 6.08 Å². The van der Waals surface area contributed by atoms with Gasteiger partial charge in [-0.15, -0.1) is 0 Å². The van der Waals surface area contributed by atoms with Gasteiger partial charge in [0.15, 0.2) is 0 Å². The van der Waals surface area contributed by atoms with Gasteiger partial charge in [-0.2, -0.15) is 30.3 Å². The quantitative estimate of drug-likeness (QED) is 0.736. The Morgan fingerprint density at radius 2 is 2.00 bits per heavy atom. The van der Waals surface area contributed by atoms with Gasteiger partial charge in [0.05, 0.1) is 0 Å². The van der Waals surface area contributed by atoms with Crippen molar-refractivity contribution in [2.45, 2.75) is 0 Å². The summed E-state index contributed by atoms with van der Waals surface area (Å²) < 4.78 is 0. The fourth-order valence-electron chi connectivity index (χ4n) is 1.66. The molecule has 2 amide bonds. The molecule has 0 saturated carbocycles. The predicted molar refractivity (Wildman–Crippen MR) is 67.6 cm³/mol. The first-order chi connectivity index (χ1) is 8.68. The second-order valence-electron chi connectivity index (χ2n) is 3.86. The summed E-state index contributed by atoms with van der Waals surface area (Å²) in [6, 6.07) is 9.60. The second-order valence-corrected chi connectivity index (χ2v) is 3.86. The molecule has 1 aliphatic rings. The zero-order chi connectivity index (χ0) is 13.0. The zero-order valence-corrected chi connectivity index (χ0v) is 13.2. The van der Waals surface area contributed by atoms with Gasteiger partial charge in [0.1, 0.15) is 0 Å². The topological polar surface area (TPSA) is 49.4 Å². The van der Waals surface area contributed by atoms with Crippen LogP contribution in [0.1, 0.15) is 10.4 Å². The summed E-state index contributed by atoms with van der Waals surface area (Å²) in [6.45, 7) is 4.56. The normalized spacial score (nSPS) is 13.4. The molecule has 1 aromatic carbocycles. The molecule has 0 aromatic heterocycles. The molecule has 0 spiro atoms. The van der Waals surface area contributed by atoms with Crippen molar-refractivity contribution in [3.63, 3.8) is 0 Å². The van der Waals surface area contributed by atoms with E-state index < -0.39 is 0 Å². The van der Waals surface area contributed by atoms with Crippen LogP contribution in [0.3, 0.4) is 0 Å². The monoisotopic (exact) mass is 425 g/mol. The van der Waals surface area contributed by atoms with Gasteiger partial charge in [0.25, 0.3) is 5.91 Å². The summed E-state index contributed by atoms with van der Waals surface area (Å²) in [6.07, 6.45) is 3.13. The Morgan fingerprint density at radius 1 is 1.32 bits per heavy atom. The van der Waals surface area contributed by atoms with E-state index in [0.717, 1.165) is 0 Å². The van der Waals surface area contributed by atoms with Crippen molar-refractivity contribution in [2.24, 2.45) is 0 Å². The van der Waals surface area contributed by atoms with E-state index in [2.05, 4.69) is 18.0 Å². The molecule has 5 heteroatoms. The van der Waals surface area contributed by atoms with Crippen molar-refractivity contribution in [1.29, 1.82) is 0 Å². The molecular formula is C14H13N2O2W-. The largest absolute Gasteiger partial charge is 0.352 e. The number of benzene rings is 1. The van der Waals surface area contributed by atoms with Crippen LogP contribution in [0.25, 0.3) is 0 Å². The van der Waals surface area contributed by atoms with Crippen LogP contribution in [0.15, 0.2) is 48.7 Å². The molecule has 0 radical (unpaired) electrons. The molecule has 0 unspecified atom stereocenters. The summed E-state index contributed by atoms with van der Waals surface area (Å²) in [5, 5.41) is 2.75. The van der Waals surface area contributed by atoms with Gasteiger partial charge in [0, 0.05) is 45.9 Å². The predicted octanol–water partition coefficient (Wildman–Crippen LogP) is 1.13. The maximum Gasteiger partial charge on any atom is 0.251 e. The minimum absolute atomic E-state index is 0. The van der Waals surface area contributed by atoms with Crippen LogP contribution in [0, 0.1) is 6.07 Å². The minimum atomic E-state index is -0.158. The van der Waals surface area contributed by atoms with Crippen molar-refractivity contribution in [2.75, 3.05) is 13.1 Å². The average molecular weight is 425 g/mol. The third-order valence-electron chi connectivity index (χ3n) is 2.63. The summed E-state index contributed by atoms with van der Waals surface area (Å²) in [5.41, 5.74) is 1.24. The maximum absolute atomic E-state index is 11.7. The van der Waals surface area contributed by atoms with Crippen LogP contribution in [0.2, 0.25) is 0 Å². The van der Waals surface area contributed by atoms with E-state index in [-0.39, 0.29) is 32.9 Å². The van der Waals surface area contributed by atoms with Gasteiger partial charge < -0.3 is 10.2 Å². The first-order valence-electron chi connectivity index (χ1n) is 5.61. The molecule has 0 fully saturated rings. The molecular weight excluding hydrogens is 412 g/mol. The van der Waals surface area contributed by atoms with Crippen molar-refractivity contribution in [1.82, 2.24) is 10.2 Å². The van der Waals surface area contributed by atoms with Crippen LogP contribution in [0.4, 0.5) is 0 Å². The molecule has 1 aromatic rings. The van der Waals surface area contributed by atoms with Gasteiger partial charge >= 0.3 is 0 Å². The van der Waals surface area contributed by atoms with Crippen LogP contribution in [-0.4, -0.2) is 29.8 Å². The molecule has 2 rings (SSSR count). The van der Waals surface area contributed by atoms with E-state index in [1.165, 1.54) is 11.0 Å². The molecule has 1 aliphatic heterocycles. The number of nitrogens with one attached hydrogen (secondary N) is 1. The summed E-state index contributed by atoms with van der Waals surface area (Å²) in [5.74, 6) is -0.252. The number of allylic oxidation sites excluding steroid dienone is 1. The SMILES string of the molecule is C=C1C=CC(=O)N1CCNC(=O)c1cc[c-]cc1.[W]. The Balaban J connectivity index is 0.00000180. The molecule has 4 nitrogen and oxygen atoms in total. The molecule has 0 saturated heterocycles. The van der Waals surface area contributed by atoms with E-state index in [9.17, 15) is 9.59 Å². The van der Waals surface area contributed by atoms with Gasteiger partial charge in [-0.25, -0.2) is 0 Å². The van der Waals surface area contributed by atoms with Crippen molar-refractivity contribution >= 4 is 11.8 Å². The number of amides is 2. The van der Waals surface area contributed by atoms with Crippen molar-refractivity contribution < 1.29 is 30.7 Å². The smallest absolute Gasteiger partial charge is 0.251 e. The number of hydrogen-bond acceptors (Lipinski definition) is 2. The molecule has 0 aliphatic carbocycles. The van der Waals surface area contributed by atoms with E-state index in [1.807, 2.05) is 0 Å². The Morgan fingerprint density at radius 3 is 2.58 bits per heavy atom. The van der Waals surface area contributed by atoms with Gasteiger partial charge in [-0.1, -0.05) is 12.1 Å². The van der Waals surface area contributed by atoms with Crippen molar-refractivity contribution in [3.8, 4) is 0 Å². The van der Waals surface area contributed by atoms with Gasteiger partial charge in [0.2, 0.25) is 5.91 Å². The summed E-state index contributed by atoms with van der Waals surface area (Å²) in [7, 11) is 0. The Labute approximate surface area is 126 Å². The van der Waals surface area contributed by atoms with Crippen LogP contribution in [0.5, 0.6) is 0 Å². The average Bonchev–Trinajstić information content (AvgIpc) is 2.71. The molecule has 19 heavy (non-hydrogen) atoms. The third-order valence-corrected chi connectivity index (χ3v) is 2.63. The van der Waals surface area contributed by atoms with E-state index in [4.69, 9.17) is 0 Å². The maximum atomic E-state index is 11.7. The third kappa shape index (κ3) is 3.90. The van der Waals surface area contributed by atoms with Crippen LogP contribution >= 0.6 is 0 Å². The number of carbonyl (C=O) groups excluding carboxylic acids is 2. The number of carbonyl (C=O) groups is 2. The molecule has 1 N–H and O–H groups in total. The standard InChI is InChI=1S/C14H13N2O2.W/c1-11-7-8-13(17)16(11)10-9-15-14(18)12-5-3-2-4-6-12;/h3-8H,1,9-10H2,(H,15,18);/q-1;. The van der Waals surface area contributed by atoms with Crippen LogP contribution in [-0.2, 0) is 25.9 Å². The van der Waals surface area contributed by atoms with Crippen LogP contribution < -0.4 is 5.32 Å². The summed E-state index contributed by atoms with van der Waals surface area (Å²) in [4.78, 5) is 24.6. The molecule has 0 bridgehead atoms. The first kappa shape index (κ1) is 15.4. The second kappa shape index (κ2) is 7.05. The van der Waals surface area contributed by atoms with E-state index in [0.29, 0.717) is 24.4 Å². The number of hydrogen-bond donors (Lipinski definition) is 1. The molecule has 0 atom stereocenters. The molecule has 98 valence electrons.